The Balaban J connectivity index is 1.75. The molecule has 9 heteroatoms. The lowest BCUT2D eigenvalue weighted by atomic mass is 10.2. The minimum atomic E-state index is -0.564. The summed E-state index contributed by atoms with van der Waals surface area (Å²) in [6.45, 7) is 0. The Morgan fingerprint density at radius 3 is 2.21 bits per heavy atom. The van der Waals surface area contributed by atoms with E-state index in [0.29, 0.717) is 22.8 Å². The van der Waals surface area contributed by atoms with Gasteiger partial charge in [-0.3, -0.25) is 14.9 Å². The highest BCUT2D eigenvalue weighted by Gasteiger charge is 2.13. The molecule has 0 aliphatic carbocycles. The number of ether oxygens (including phenoxy) is 1. The zero-order valence-electron chi connectivity index (χ0n) is 15.3. The van der Waals surface area contributed by atoms with E-state index in [1.807, 2.05) is 0 Å². The van der Waals surface area contributed by atoms with Crippen molar-refractivity contribution < 1.29 is 14.5 Å². The Morgan fingerprint density at radius 2 is 1.66 bits per heavy atom. The minimum Gasteiger partial charge on any atom is -0.497 e. The van der Waals surface area contributed by atoms with Crippen molar-refractivity contribution in [3.8, 4) is 5.75 Å². The number of nitro groups is 1. The fourth-order valence-electron chi connectivity index (χ4n) is 2.62. The van der Waals surface area contributed by atoms with Crippen molar-refractivity contribution in [3.63, 3.8) is 0 Å². The molecule has 3 aromatic carbocycles. The summed E-state index contributed by atoms with van der Waals surface area (Å²) in [6.07, 6.45) is 0. The molecular weight excluding hydrogens is 376 g/mol. The summed E-state index contributed by atoms with van der Waals surface area (Å²) < 4.78 is 5.09. The molecule has 3 rings (SSSR count). The van der Waals surface area contributed by atoms with Gasteiger partial charge >= 0.3 is 0 Å². The lowest BCUT2D eigenvalue weighted by Crippen LogP contribution is -2.12. The maximum atomic E-state index is 12.3. The number of nitrogens with zero attached hydrogens (tertiary/aromatic N) is 3. The molecule has 0 fully saturated rings. The Hall–Kier alpha value is -4.27. The highest BCUT2D eigenvalue weighted by atomic mass is 16.6. The number of nitroso groups, excluding NO2 is 1. The largest absolute Gasteiger partial charge is 0.497 e. The van der Waals surface area contributed by atoms with E-state index in [1.54, 1.807) is 55.6 Å². The molecule has 0 heterocycles. The highest BCUT2D eigenvalue weighted by Crippen LogP contribution is 2.28. The molecule has 0 unspecified atom stereocenters. The summed E-state index contributed by atoms with van der Waals surface area (Å²) in [6, 6.07) is 18.7. The van der Waals surface area contributed by atoms with Crippen molar-refractivity contribution in [2.75, 3.05) is 17.4 Å². The molecule has 3 aromatic rings. The number of nitro benzene ring substituents is 1. The SMILES string of the molecule is COc1ccc(N(N=O)c2ccc(NC(=O)c3cccc([N+](=O)[O-])c3)cc2)cc1. The molecule has 9 nitrogen and oxygen atoms in total. The molecular formula is C20H16N4O5. The van der Waals surface area contributed by atoms with Crippen LogP contribution in [0.1, 0.15) is 10.4 Å². The molecule has 0 aliphatic heterocycles. The molecule has 0 radical (unpaired) electrons. The van der Waals surface area contributed by atoms with Crippen LogP contribution in [-0.4, -0.2) is 17.9 Å². The van der Waals surface area contributed by atoms with Gasteiger partial charge in [0, 0.05) is 23.4 Å². The third kappa shape index (κ3) is 4.53. The van der Waals surface area contributed by atoms with Gasteiger partial charge in [0.1, 0.15) is 5.75 Å². The molecule has 0 spiro atoms. The van der Waals surface area contributed by atoms with E-state index in [4.69, 9.17) is 4.74 Å². The first-order chi connectivity index (χ1) is 14.0. The predicted molar refractivity (Wildman–Crippen MR) is 108 cm³/mol. The van der Waals surface area contributed by atoms with Crippen molar-refractivity contribution in [1.29, 1.82) is 0 Å². The quantitative estimate of drug-likeness (QED) is 0.355. The fourth-order valence-corrected chi connectivity index (χ4v) is 2.62. The van der Waals surface area contributed by atoms with Gasteiger partial charge in [-0.15, -0.1) is 4.91 Å². The maximum Gasteiger partial charge on any atom is 0.270 e. The lowest BCUT2D eigenvalue weighted by molar-refractivity contribution is -0.384. The van der Waals surface area contributed by atoms with Crippen LogP contribution in [0, 0.1) is 15.0 Å². The second-order valence-corrected chi connectivity index (χ2v) is 5.90. The number of anilines is 3. The smallest absolute Gasteiger partial charge is 0.270 e. The Morgan fingerprint density at radius 1 is 1.03 bits per heavy atom. The fraction of sp³-hybridized carbons (Fsp3) is 0.0500. The number of amides is 1. The first-order valence-electron chi connectivity index (χ1n) is 8.45. The number of rotatable bonds is 7. The van der Waals surface area contributed by atoms with Crippen LogP contribution in [0.3, 0.4) is 0 Å². The first kappa shape index (κ1) is 19.5. The number of benzene rings is 3. The van der Waals surface area contributed by atoms with Gasteiger partial charge < -0.3 is 10.1 Å². The molecule has 0 aliphatic rings. The standard InChI is InChI=1S/C20H16N4O5/c1-29-19-11-9-17(10-12-19)23(22-26)16-7-5-15(6-8-16)21-20(25)14-3-2-4-18(13-14)24(27)28/h2-13H,1H3,(H,21,25). The number of hydrogen-bond donors (Lipinski definition) is 1. The topological polar surface area (TPSA) is 114 Å². The summed E-state index contributed by atoms with van der Waals surface area (Å²) in [5, 5.41) is 17.7. The van der Waals surface area contributed by atoms with Gasteiger partial charge in [0.2, 0.25) is 0 Å². The van der Waals surface area contributed by atoms with Crippen molar-refractivity contribution in [2.45, 2.75) is 0 Å². The van der Waals surface area contributed by atoms with Crippen molar-refractivity contribution in [1.82, 2.24) is 0 Å². The van der Waals surface area contributed by atoms with Crippen LogP contribution in [0.5, 0.6) is 5.75 Å². The number of hydrogen-bond acceptors (Lipinski definition) is 6. The second-order valence-electron chi connectivity index (χ2n) is 5.90. The third-order valence-corrected chi connectivity index (χ3v) is 4.09. The minimum absolute atomic E-state index is 0.165. The maximum absolute atomic E-state index is 12.3. The average Bonchev–Trinajstić information content (AvgIpc) is 2.76. The van der Waals surface area contributed by atoms with Crippen molar-refractivity contribution in [2.24, 2.45) is 5.29 Å². The summed E-state index contributed by atoms with van der Waals surface area (Å²) in [5.74, 6) is 0.167. The Bertz CT molecular complexity index is 1040. The molecule has 29 heavy (non-hydrogen) atoms. The van der Waals surface area contributed by atoms with Gasteiger partial charge in [-0.25, -0.2) is 0 Å². The normalized spacial score (nSPS) is 10.1. The molecule has 1 N–H and O–H groups in total. The van der Waals surface area contributed by atoms with E-state index in [-0.39, 0.29) is 11.3 Å². The number of nitrogens with one attached hydrogen (secondary N) is 1. The molecule has 0 aromatic heterocycles. The van der Waals surface area contributed by atoms with Crippen LogP contribution < -0.4 is 15.1 Å². The second kappa shape index (κ2) is 8.61. The number of non-ortho nitro benzene ring substituents is 1. The van der Waals surface area contributed by atoms with Gasteiger partial charge in [0.05, 0.1) is 28.7 Å². The van der Waals surface area contributed by atoms with Gasteiger partial charge in [-0.2, -0.15) is 5.01 Å². The molecule has 1 amide bonds. The highest BCUT2D eigenvalue weighted by molar-refractivity contribution is 6.04. The van der Waals surface area contributed by atoms with Crippen LogP contribution >= 0.6 is 0 Å². The number of methoxy groups -OCH3 is 1. The van der Waals surface area contributed by atoms with Crippen LogP contribution in [0.4, 0.5) is 22.7 Å². The zero-order chi connectivity index (χ0) is 20.8. The summed E-state index contributed by atoms with van der Waals surface area (Å²) in [4.78, 5) is 33.9. The van der Waals surface area contributed by atoms with Gasteiger partial charge in [-0.05, 0) is 54.6 Å². The average molecular weight is 392 g/mol. The van der Waals surface area contributed by atoms with E-state index in [2.05, 4.69) is 10.6 Å². The Kier molecular flexibility index (Phi) is 5.79. The number of carbonyl (C=O) groups excluding carboxylic acids is 1. The molecule has 0 bridgehead atoms. The van der Waals surface area contributed by atoms with Crippen LogP contribution in [-0.2, 0) is 0 Å². The van der Waals surface area contributed by atoms with Crippen molar-refractivity contribution in [3.05, 3.63) is 93.4 Å². The van der Waals surface area contributed by atoms with Gasteiger partial charge in [0.25, 0.3) is 11.6 Å². The van der Waals surface area contributed by atoms with E-state index >= 15 is 0 Å². The molecule has 0 saturated carbocycles. The van der Waals surface area contributed by atoms with Gasteiger partial charge in [0.15, 0.2) is 0 Å². The van der Waals surface area contributed by atoms with Crippen LogP contribution in [0.2, 0.25) is 0 Å². The van der Waals surface area contributed by atoms with Crippen LogP contribution in [0.15, 0.2) is 78.1 Å². The molecule has 0 atom stereocenters. The van der Waals surface area contributed by atoms with E-state index in [0.717, 1.165) is 0 Å². The van der Waals surface area contributed by atoms with Gasteiger partial charge in [-0.1, -0.05) is 6.07 Å². The van der Waals surface area contributed by atoms with E-state index in [9.17, 15) is 19.8 Å². The van der Waals surface area contributed by atoms with Crippen LogP contribution in [0.25, 0.3) is 0 Å². The van der Waals surface area contributed by atoms with E-state index < -0.39 is 10.8 Å². The lowest BCUT2D eigenvalue weighted by Gasteiger charge is -2.16. The zero-order valence-corrected chi connectivity index (χ0v) is 15.3. The first-order valence-corrected chi connectivity index (χ1v) is 8.45. The predicted octanol–water partition coefficient (Wildman–Crippen LogP) is 4.68. The Labute approximate surface area is 165 Å². The van der Waals surface area contributed by atoms with E-state index in [1.165, 1.54) is 29.3 Å². The third-order valence-electron chi connectivity index (χ3n) is 4.09. The molecule has 146 valence electrons. The summed E-state index contributed by atoms with van der Waals surface area (Å²) in [7, 11) is 1.55. The van der Waals surface area contributed by atoms with Crippen molar-refractivity contribution >= 4 is 28.7 Å². The molecule has 0 saturated heterocycles. The summed E-state index contributed by atoms with van der Waals surface area (Å²) in [5.41, 5.74) is 1.51. The monoisotopic (exact) mass is 392 g/mol. The summed E-state index contributed by atoms with van der Waals surface area (Å²) >= 11 is 0. The number of carbonyl (C=O) groups is 1.